The van der Waals surface area contributed by atoms with Crippen LogP contribution in [0.3, 0.4) is 0 Å². The lowest BCUT2D eigenvalue weighted by atomic mass is 10.1. The van der Waals surface area contributed by atoms with Gasteiger partial charge in [-0.2, -0.15) is 10.2 Å². The number of aromatic nitrogens is 6. The summed E-state index contributed by atoms with van der Waals surface area (Å²) >= 11 is 12.5. The number of rotatable bonds is 6. The number of carbonyl (C=O) groups is 1. The van der Waals surface area contributed by atoms with Crippen LogP contribution in [0.25, 0.3) is 33.9 Å². The SMILES string of the molecule is O=C(c1cc(-c2cccnc2)nn1-c1ccccc1)c1cc(-c2cccnc2)nn1-c1ccc(Cl)c(Cl)c1. The average Bonchev–Trinajstić information content (AvgIpc) is 3.62. The van der Waals surface area contributed by atoms with Crippen molar-refractivity contribution in [2.45, 2.75) is 0 Å². The zero-order valence-corrected chi connectivity index (χ0v) is 21.3. The molecule has 4 aromatic heterocycles. The number of para-hydroxylation sites is 1. The molecule has 0 saturated carbocycles. The van der Waals surface area contributed by atoms with Crippen molar-refractivity contribution in [1.82, 2.24) is 29.5 Å². The van der Waals surface area contributed by atoms with E-state index in [-0.39, 0.29) is 5.78 Å². The molecule has 0 bridgehead atoms. The number of hydrogen-bond donors (Lipinski definition) is 0. The summed E-state index contributed by atoms with van der Waals surface area (Å²) in [5.74, 6) is -0.273. The smallest absolute Gasteiger partial charge is 0.229 e. The minimum absolute atomic E-state index is 0.273. The fourth-order valence-corrected chi connectivity index (χ4v) is 4.40. The molecule has 0 N–H and O–H groups in total. The van der Waals surface area contributed by atoms with Gasteiger partial charge in [-0.1, -0.05) is 41.4 Å². The molecule has 0 atom stereocenters. The van der Waals surface area contributed by atoms with Crippen LogP contribution in [-0.2, 0) is 0 Å². The standard InChI is InChI=1S/C29H18Cl2N6O/c30-23-11-10-22(14-24(23)31)37-28(16-26(35-37)20-7-5-13-33-18-20)29(38)27-15-25(19-6-4-12-32-17-19)34-36(27)21-8-2-1-3-9-21/h1-18H. The molecule has 0 spiro atoms. The molecular formula is C29H18Cl2N6O. The van der Waals surface area contributed by atoms with Crippen molar-refractivity contribution in [1.29, 1.82) is 0 Å². The first-order chi connectivity index (χ1) is 18.6. The molecule has 0 radical (unpaired) electrons. The highest BCUT2D eigenvalue weighted by atomic mass is 35.5. The number of hydrogen-bond acceptors (Lipinski definition) is 5. The zero-order valence-electron chi connectivity index (χ0n) is 19.7. The molecule has 0 amide bonds. The normalized spacial score (nSPS) is 11.0. The van der Waals surface area contributed by atoms with Gasteiger partial charge >= 0.3 is 0 Å². The van der Waals surface area contributed by atoms with E-state index in [2.05, 4.69) is 9.97 Å². The van der Waals surface area contributed by atoms with Gasteiger partial charge in [0, 0.05) is 35.9 Å². The first kappa shape index (κ1) is 23.8. The highest BCUT2D eigenvalue weighted by molar-refractivity contribution is 6.42. The molecule has 9 heteroatoms. The van der Waals surface area contributed by atoms with E-state index in [9.17, 15) is 4.79 Å². The molecule has 7 nitrogen and oxygen atoms in total. The van der Waals surface area contributed by atoms with Crippen LogP contribution in [0.5, 0.6) is 0 Å². The minimum Gasteiger partial charge on any atom is -0.285 e. The maximum atomic E-state index is 14.3. The van der Waals surface area contributed by atoms with Crippen LogP contribution in [-0.4, -0.2) is 35.3 Å². The largest absolute Gasteiger partial charge is 0.285 e. The van der Waals surface area contributed by atoms with Gasteiger partial charge in [0.2, 0.25) is 5.78 Å². The van der Waals surface area contributed by atoms with Crippen LogP contribution in [0.2, 0.25) is 10.0 Å². The van der Waals surface area contributed by atoms with E-state index in [4.69, 9.17) is 33.4 Å². The third-order valence-electron chi connectivity index (χ3n) is 5.95. The summed E-state index contributed by atoms with van der Waals surface area (Å²) in [4.78, 5) is 22.7. The molecule has 0 aliphatic carbocycles. The Hall–Kier alpha value is -4.59. The monoisotopic (exact) mass is 536 g/mol. The highest BCUT2D eigenvalue weighted by Crippen LogP contribution is 2.29. The molecule has 6 rings (SSSR count). The van der Waals surface area contributed by atoms with Crippen molar-refractivity contribution in [3.05, 3.63) is 131 Å². The van der Waals surface area contributed by atoms with Gasteiger partial charge in [0.05, 0.1) is 32.8 Å². The third-order valence-corrected chi connectivity index (χ3v) is 6.69. The van der Waals surface area contributed by atoms with Crippen molar-refractivity contribution in [2.24, 2.45) is 0 Å². The van der Waals surface area contributed by atoms with Crippen LogP contribution in [0.1, 0.15) is 16.2 Å². The van der Waals surface area contributed by atoms with E-state index in [1.54, 1.807) is 64.5 Å². The number of nitrogens with zero attached hydrogens (tertiary/aromatic N) is 6. The van der Waals surface area contributed by atoms with E-state index < -0.39 is 0 Å². The Labute approximate surface area is 228 Å². The number of carbonyl (C=O) groups excluding carboxylic acids is 1. The van der Waals surface area contributed by atoms with E-state index in [0.29, 0.717) is 38.5 Å². The molecule has 0 aliphatic rings. The van der Waals surface area contributed by atoms with Crippen LogP contribution in [0, 0.1) is 0 Å². The second kappa shape index (κ2) is 10.0. The second-order valence-electron chi connectivity index (χ2n) is 8.40. The Bertz CT molecular complexity index is 1750. The Balaban J connectivity index is 1.54. The summed E-state index contributed by atoms with van der Waals surface area (Å²) in [6.07, 6.45) is 6.79. The summed E-state index contributed by atoms with van der Waals surface area (Å²) in [5.41, 5.74) is 4.82. The van der Waals surface area contributed by atoms with Crippen LogP contribution < -0.4 is 0 Å². The van der Waals surface area contributed by atoms with Crippen molar-refractivity contribution in [2.75, 3.05) is 0 Å². The lowest BCUT2D eigenvalue weighted by Crippen LogP contribution is -2.14. The predicted octanol–water partition coefficient (Wildman–Crippen LogP) is 6.72. The van der Waals surface area contributed by atoms with Gasteiger partial charge in [0.1, 0.15) is 11.4 Å². The number of ketones is 1. The van der Waals surface area contributed by atoms with Gasteiger partial charge < -0.3 is 0 Å². The fourth-order valence-electron chi connectivity index (χ4n) is 4.11. The van der Waals surface area contributed by atoms with Crippen molar-refractivity contribution >= 4 is 29.0 Å². The molecule has 38 heavy (non-hydrogen) atoms. The number of pyridine rings is 2. The summed E-state index contributed by atoms with van der Waals surface area (Å²) in [6.45, 7) is 0. The average molecular weight is 537 g/mol. The summed E-state index contributed by atoms with van der Waals surface area (Å²) < 4.78 is 3.21. The quantitative estimate of drug-likeness (QED) is 0.221. The molecule has 184 valence electrons. The lowest BCUT2D eigenvalue weighted by molar-refractivity contribution is 0.102. The van der Waals surface area contributed by atoms with E-state index in [1.807, 2.05) is 54.6 Å². The van der Waals surface area contributed by atoms with Crippen LogP contribution in [0.15, 0.2) is 110 Å². The van der Waals surface area contributed by atoms with Gasteiger partial charge in [-0.05, 0) is 66.7 Å². The second-order valence-corrected chi connectivity index (χ2v) is 9.21. The Morgan fingerprint density at radius 3 is 1.71 bits per heavy atom. The molecular weight excluding hydrogens is 519 g/mol. The van der Waals surface area contributed by atoms with Gasteiger partial charge in [-0.25, -0.2) is 9.36 Å². The van der Waals surface area contributed by atoms with Crippen molar-refractivity contribution in [3.8, 4) is 33.9 Å². The summed E-state index contributed by atoms with van der Waals surface area (Å²) in [5, 5.41) is 10.3. The zero-order chi connectivity index (χ0) is 26.1. The van der Waals surface area contributed by atoms with Gasteiger partial charge in [-0.3, -0.25) is 14.8 Å². The van der Waals surface area contributed by atoms with E-state index in [1.165, 1.54) is 0 Å². The first-order valence-electron chi connectivity index (χ1n) is 11.6. The number of halogens is 2. The molecule has 0 unspecified atom stereocenters. The molecule has 2 aromatic carbocycles. The molecule has 0 aliphatic heterocycles. The van der Waals surface area contributed by atoms with Crippen molar-refractivity contribution < 1.29 is 4.79 Å². The maximum absolute atomic E-state index is 14.3. The van der Waals surface area contributed by atoms with Crippen molar-refractivity contribution in [3.63, 3.8) is 0 Å². The molecule has 0 fully saturated rings. The number of benzene rings is 2. The van der Waals surface area contributed by atoms with Crippen LogP contribution in [0.4, 0.5) is 0 Å². The van der Waals surface area contributed by atoms with E-state index >= 15 is 0 Å². The summed E-state index contributed by atoms with van der Waals surface area (Å²) in [6, 6.07) is 25.6. The van der Waals surface area contributed by atoms with E-state index in [0.717, 1.165) is 16.8 Å². The topological polar surface area (TPSA) is 78.5 Å². The van der Waals surface area contributed by atoms with Gasteiger partial charge in [-0.15, -0.1) is 0 Å². The Morgan fingerprint density at radius 2 is 1.18 bits per heavy atom. The first-order valence-corrected chi connectivity index (χ1v) is 12.4. The fraction of sp³-hybridized carbons (Fsp3) is 0. The Morgan fingerprint density at radius 1 is 0.605 bits per heavy atom. The van der Waals surface area contributed by atoms with Gasteiger partial charge in [0.25, 0.3) is 0 Å². The summed E-state index contributed by atoms with van der Waals surface area (Å²) in [7, 11) is 0. The lowest BCUT2D eigenvalue weighted by Gasteiger charge is -2.09. The molecule has 4 heterocycles. The minimum atomic E-state index is -0.273. The van der Waals surface area contributed by atoms with Crippen LogP contribution >= 0.6 is 23.2 Å². The maximum Gasteiger partial charge on any atom is 0.229 e. The third kappa shape index (κ3) is 4.49. The molecule has 6 aromatic rings. The predicted molar refractivity (Wildman–Crippen MR) is 147 cm³/mol. The highest BCUT2D eigenvalue weighted by Gasteiger charge is 2.25. The molecule has 0 saturated heterocycles. The van der Waals surface area contributed by atoms with Gasteiger partial charge in [0.15, 0.2) is 0 Å². The Kier molecular flexibility index (Phi) is 6.29.